The van der Waals surface area contributed by atoms with Gasteiger partial charge in [0.25, 0.3) is 0 Å². The van der Waals surface area contributed by atoms with E-state index < -0.39 is 0 Å². The van der Waals surface area contributed by atoms with E-state index in [-0.39, 0.29) is 0 Å². The number of hydrogen-bond acceptors (Lipinski definition) is 5. The first-order valence-corrected chi connectivity index (χ1v) is 9.32. The molecule has 26 heavy (non-hydrogen) atoms. The van der Waals surface area contributed by atoms with Crippen molar-refractivity contribution in [1.29, 1.82) is 0 Å². The summed E-state index contributed by atoms with van der Waals surface area (Å²) in [6, 6.07) is 16.3. The fourth-order valence-corrected chi connectivity index (χ4v) is 3.54. The highest BCUT2D eigenvalue weighted by molar-refractivity contribution is 7.98. The minimum absolute atomic E-state index is 0.591. The van der Waals surface area contributed by atoms with Crippen molar-refractivity contribution in [3.05, 3.63) is 84.1 Å². The van der Waals surface area contributed by atoms with Gasteiger partial charge in [0.15, 0.2) is 11.0 Å². The number of thioether (sulfide) groups is 1. The highest BCUT2D eigenvalue weighted by atomic mass is 32.2. The summed E-state index contributed by atoms with van der Waals surface area (Å²) in [6.45, 7) is 2.69. The van der Waals surface area contributed by atoms with Crippen molar-refractivity contribution in [3.63, 3.8) is 0 Å². The van der Waals surface area contributed by atoms with E-state index in [1.165, 1.54) is 11.1 Å². The normalized spacial score (nSPS) is 11.0. The summed E-state index contributed by atoms with van der Waals surface area (Å²) >= 11 is 1.68. The van der Waals surface area contributed by atoms with E-state index in [9.17, 15) is 0 Å². The largest absolute Gasteiger partial charge is 0.467 e. The molecule has 4 aromatic rings. The van der Waals surface area contributed by atoms with Gasteiger partial charge in [-0.05, 0) is 36.8 Å². The molecule has 0 amide bonds. The van der Waals surface area contributed by atoms with Crippen LogP contribution < -0.4 is 0 Å². The zero-order valence-corrected chi connectivity index (χ0v) is 15.2. The van der Waals surface area contributed by atoms with Crippen molar-refractivity contribution in [1.82, 2.24) is 19.7 Å². The third-order valence-corrected chi connectivity index (χ3v) is 5.08. The maximum absolute atomic E-state index is 5.53. The van der Waals surface area contributed by atoms with Crippen molar-refractivity contribution in [2.45, 2.75) is 24.4 Å². The second-order valence-electron chi connectivity index (χ2n) is 5.98. The highest BCUT2D eigenvalue weighted by Crippen LogP contribution is 2.27. The van der Waals surface area contributed by atoms with Crippen LogP contribution in [0.4, 0.5) is 0 Å². The van der Waals surface area contributed by atoms with E-state index in [2.05, 4.69) is 50.9 Å². The average Bonchev–Trinajstić information content (AvgIpc) is 3.33. The van der Waals surface area contributed by atoms with Crippen LogP contribution in [0.5, 0.6) is 0 Å². The standard InChI is InChI=1S/C20H18N4OS/c1-15-4-6-16(7-5-15)14-26-20-23-22-19(17-8-10-21-11-9-17)24(20)13-18-3-2-12-25-18/h2-12H,13-14H2,1H3. The molecule has 0 spiro atoms. The molecule has 1 aromatic carbocycles. The lowest BCUT2D eigenvalue weighted by Crippen LogP contribution is -2.03. The van der Waals surface area contributed by atoms with Gasteiger partial charge in [-0.1, -0.05) is 41.6 Å². The number of nitrogens with zero attached hydrogens (tertiary/aromatic N) is 4. The second kappa shape index (κ2) is 7.58. The van der Waals surface area contributed by atoms with E-state index in [1.807, 2.05) is 24.3 Å². The Kier molecular flexibility index (Phi) is 4.84. The first kappa shape index (κ1) is 16.6. The quantitative estimate of drug-likeness (QED) is 0.470. The molecule has 5 nitrogen and oxygen atoms in total. The van der Waals surface area contributed by atoms with Crippen LogP contribution in [0.25, 0.3) is 11.4 Å². The van der Waals surface area contributed by atoms with Gasteiger partial charge >= 0.3 is 0 Å². The number of pyridine rings is 1. The number of furan rings is 1. The summed E-state index contributed by atoms with van der Waals surface area (Å²) in [5.41, 5.74) is 3.51. The van der Waals surface area contributed by atoms with Crippen molar-refractivity contribution in [3.8, 4) is 11.4 Å². The molecule has 0 radical (unpaired) electrons. The van der Waals surface area contributed by atoms with Gasteiger partial charge in [-0.2, -0.15) is 0 Å². The minimum Gasteiger partial charge on any atom is -0.467 e. The first-order chi connectivity index (χ1) is 12.8. The van der Waals surface area contributed by atoms with Crippen molar-refractivity contribution < 1.29 is 4.42 Å². The van der Waals surface area contributed by atoms with Gasteiger partial charge in [0, 0.05) is 23.7 Å². The zero-order chi connectivity index (χ0) is 17.8. The van der Waals surface area contributed by atoms with Gasteiger partial charge in [0.2, 0.25) is 0 Å². The molecule has 0 aliphatic rings. The molecule has 0 atom stereocenters. The molecule has 0 unspecified atom stereocenters. The predicted molar refractivity (Wildman–Crippen MR) is 102 cm³/mol. The van der Waals surface area contributed by atoms with Gasteiger partial charge in [-0.15, -0.1) is 10.2 Å². The Labute approximate surface area is 156 Å². The first-order valence-electron chi connectivity index (χ1n) is 8.34. The molecule has 0 saturated heterocycles. The fourth-order valence-electron chi connectivity index (χ4n) is 2.64. The number of hydrogen-bond donors (Lipinski definition) is 0. The Morgan fingerprint density at radius 1 is 1.00 bits per heavy atom. The molecule has 4 rings (SSSR count). The van der Waals surface area contributed by atoms with E-state index in [1.54, 1.807) is 30.4 Å². The third-order valence-electron chi connectivity index (χ3n) is 4.04. The van der Waals surface area contributed by atoms with Crippen LogP contribution in [0, 0.1) is 6.92 Å². The molecular weight excluding hydrogens is 344 g/mol. The van der Waals surface area contributed by atoms with Crippen LogP contribution in [0.2, 0.25) is 0 Å². The highest BCUT2D eigenvalue weighted by Gasteiger charge is 2.16. The van der Waals surface area contributed by atoms with E-state index in [0.29, 0.717) is 6.54 Å². The van der Waals surface area contributed by atoms with Crippen LogP contribution >= 0.6 is 11.8 Å². The molecule has 0 bridgehead atoms. The molecule has 0 N–H and O–H groups in total. The molecule has 0 aliphatic heterocycles. The zero-order valence-electron chi connectivity index (χ0n) is 14.4. The fraction of sp³-hybridized carbons (Fsp3) is 0.150. The molecule has 3 heterocycles. The monoisotopic (exact) mass is 362 g/mol. The van der Waals surface area contributed by atoms with Gasteiger partial charge in [0.1, 0.15) is 5.76 Å². The predicted octanol–water partition coefficient (Wildman–Crippen LogP) is 4.58. The topological polar surface area (TPSA) is 56.7 Å². The Bertz CT molecular complexity index is 963. The van der Waals surface area contributed by atoms with E-state index in [4.69, 9.17) is 4.42 Å². The third kappa shape index (κ3) is 3.70. The summed E-state index contributed by atoms with van der Waals surface area (Å²) in [6.07, 6.45) is 5.21. The van der Waals surface area contributed by atoms with Crippen LogP contribution in [0.1, 0.15) is 16.9 Å². The van der Waals surface area contributed by atoms with Crippen molar-refractivity contribution in [2.24, 2.45) is 0 Å². The Hall–Kier alpha value is -2.86. The van der Waals surface area contributed by atoms with Gasteiger partial charge < -0.3 is 4.42 Å². The molecule has 130 valence electrons. The van der Waals surface area contributed by atoms with E-state index >= 15 is 0 Å². The van der Waals surface area contributed by atoms with Crippen LogP contribution in [-0.2, 0) is 12.3 Å². The van der Waals surface area contributed by atoms with Crippen LogP contribution in [0.15, 0.2) is 76.8 Å². The second-order valence-corrected chi connectivity index (χ2v) is 6.92. The molecule has 3 aromatic heterocycles. The smallest absolute Gasteiger partial charge is 0.192 e. The molecular formula is C20H18N4OS. The summed E-state index contributed by atoms with van der Waals surface area (Å²) < 4.78 is 7.62. The lowest BCUT2D eigenvalue weighted by molar-refractivity contribution is 0.485. The average molecular weight is 362 g/mol. The number of aromatic nitrogens is 4. The summed E-state index contributed by atoms with van der Waals surface area (Å²) in [4.78, 5) is 4.08. The Morgan fingerprint density at radius 2 is 1.81 bits per heavy atom. The lowest BCUT2D eigenvalue weighted by Gasteiger charge is -2.09. The Morgan fingerprint density at radius 3 is 2.54 bits per heavy atom. The molecule has 0 aliphatic carbocycles. The number of benzene rings is 1. The van der Waals surface area contributed by atoms with Crippen LogP contribution in [-0.4, -0.2) is 19.7 Å². The van der Waals surface area contributed by atoms with Gasteiger partial charge in [-0.3, -0.25) is 9.55 Å². The van der Waals surface area contributed by atoms with Crippen LogP contribution in [0.3, 0.4) is 0 Å². The van der Waals surface area contributed by atoms with Gasteiger partial charge in [-0.25, -0.2) is 0 Å². The number of rotatable bonds is 6. The Balaban J connectivity index is 1.63. The summed E-state index contributed by atoms with van der Waals surface area (Å²) in [7, 11) is 0. The summed E-state index contributed by atoms with van der Waals surface area (Å²) in [5, 5.41) is 9.70. The maximum atomic E-state index is 5.53. The lowest BCUT2D eigenvalue weighted by atomic mass is 10.2. The van der Waals surface area contributed by atoms with Crippen molar-refractivity contribution >= 4 is 11.8 Å². The SMILES string of the molecule is Cc1ccc(CSc2nnc(-c3ccncc3)n2Cc2ccco2)cc1. The molecule has 6 heteroatoms. The molecule has 0 fully saturated rings. The van der Waals surface area contributed by atoms with Gasteiger partial charge in [0.05, 0.1) is 12.8 Å². The van der Waals surface area contributed by atoms with E-state index in [0.717, 1.165) is 28.1 Å². The number of aryl methyl sites for hydroxylation is 1. The molecule has 0 saturated carbocycles. The maximum Gasteiger partial charge on any atom is 0.192 e. The minimum atomic E-state index is 0.591. The van der Waals surface area contributed by atoms with Crippen molar-refractivity contribution in [2.75, 3.05) is 0 Å². The summed E-state index contributed by atoms with van der Waals surface area (Å²) in [5.74, 6) is 2.53.